The zero-order chi connectivity index (χ0) is 17.8. The molecule has 0 aliphatic heterocycles. The molecule has 1 amide bonds. The van der Waals surface area contributed by atoms with E-state index in [-0.39, 0.29) is 11.5 Å². The molecule has 0 aliphatic rings. The van der Waals surface area contributed by atoms with Crippen molar-refractivity contribution in [2.75, 3.05) is 19.4 Å². The fraction of sp³-hybridized carbons (Fsp3) is 0.111. The summed E-state index contributed by atoms with van der Waals surface area (Å²) in [7, 11) is 3.23. The topological polar surface area (TPSA) is 97.7 Å². The second kappa shape index (κ2) is 6.84. The Bertz CT molecular complexity index is 979. The largest absolute Gasteiger partial charge is 0.346 e. The zero-order valence-electron chi connectivity index (χ0n) is 13.8. The predicted octanol–water partition coefficient (Wildman–Crippen LogP) is 2.70. The van der Waals surface area contributed by atoms with E-state index in [2.05, 4.69) is 20.3 Å². The number of likely N-dealkylation sites (N-methyl/N-ethyl adjacent to an activating group) is 1. The average Bonchev–Trinajstić information content (AvgIpc) is 3.10. The molecule has 2 N–H and O–H groups in total. The van der Waals surface area contributed by atoms with Crippen LogP contribution in [-0.2, 0) is 4.79 Å². The number of benzene rings is 1. The molecule has 2 heterocycles. The number of aromatic nitrogens is 3. The number of anilines is 2. The summed E-state index contributed by atoms with van der Waals surface area (Å²) in [5.74, 6) is 0.385. The predicted molar refractivity (Wildman–Crippen MR) is 95.9 cm³/mol. The number of carbonyl (C=O) groups is 1. The minimum absolute atomic E-state index is 0.0931. The van der Waals surface area contributed by atoms with Crippen LogP contribution in [0.4, 0.5) is 11.5 Å². The fourth-order valence-electron chi connectivity index (χ4n) is 2.32. The van der Waals surface area contributed by atoms with Gasteiger partial charge in [-0.05, 0) is 29.8 Å². The normalized spacial score (nSPS) is 11.2. The second-order valence-electron chi connectivity index (χ2n) is 5.58. The van der Waals surface area contributed by atoms with Gasteiger partial charge in [0.2, 0.25) is 0 Å². The third-order valence-corrected chi connectivity index (χ3v) is 3.60. The lowest BCUT2D eigenvalue weighted by Crippen LogP contribution is -2.22. The van der Waals surface area contributed by atoms with Gasteiger partial charge in [0, 0.05) is 26.0 Å². The van der Waals surface area contributed by atoms with E-state index in [1.807, 2.05) is 42.6 Å². The van der Waals surface area contributed by atoms with Crippen LogP contribution in [0.5, 0.6) is 0 Å². The molecule has 3 rings (SSSR count). The molecule has 1 aromatic carbocycles. The van der Waals surface area contributed by atoms with Gasteiger partial charge < -0.3 is 15.2 Å². The minimum Gasteiger partial charge on any atom is -0.346 e. The first-order valence-corrected chi connectivity index (χ1v) is 7.57. The van der Waals surface area contributed by atoms with E-state index < -0.39 is 0 Å². The van der Waals surface area contributed by atoms with Gasteiger partial charge in [0.05, 0.1) is 5.39 Å². The number of rotatable bonds is 4. The number of hydrogen-bond donors (Lipinski definition) is 2. The van der Waals surface area contributed by atoms with Crippen molar-refractivity contribution >= 4 is 34.5 Å². The third kappa shape index (κ3) is 3.48. The maximum absolute atomic E-state index is 11.9. The molecule has 0 unspecified atom stereocenters. The van der Waals surface area contributed by atoms with Gasteiger partial charge in [-0.2, -0.15) is 5.26 Å². The van der Waals surface area contributed by atoms with Gasteiger partial charge in [-0.1, -0.05) is 12.1 Å². The first-order chi connectivity index (χ1) is 12.1. The minimum atomic E-state index is -0.319. The lowest BCUT2D eigenvalue weighted by Gasteiger charge is -2.09. The highest BCUT2D eigenvalue weighted by molar-refractivity contribution is 6.01. The number of amides is 1. The summed E-state index contributed by atoms with van der Waals surface area (Å²) in [6.07, 6.45) is 4.87. The van der Waals surface area contributed by atoms with E-state index in [0.29, 0.717) is 5.82 Å². The van der Waals surface area contributed by atoms with Crippen molar-refractivity contribution in [1.29, 1.82) is 5.26 Å². The van der Waals surface area contributed by atoms with Crippen LogP contribution < -0.4 is 5.32 Å². The Balaban J connectivity index is 1.82. The molecule has 7 heteroatoms. The molecule has 0 radical (unpaired) electrons. The summed E-state index contributed by atoms with van der Waals surface area (Å²) >= 11 is 0. The van der Waals surface area contributed by atoms with E-state index in [1.165, 1.54) is 11.2 Å². The summed E-state index contributed by atoms with van der Waals surface area (Å²) in [6.45, 7) is 0. The number of nitriles is 1. The molecule has 0 spiro atoms. The molecule has 0 saturated heterocycles. The molecule has 0 bridgehead atoms. The fourth-order valence-corrected chi connectivity index (χ4v) is 2.32. The lowest BCUT2D eigenvalue weighted by molar-refractivity contribution is -0.124. The van der Waals surface area contributed by atoms with Crippen LogP contribution in [0.1, 0.15) is 5.56 Å². The number of nitrogens with one attached hydrogen (secondary N) is 2. The van der Waals surface area contributed by atoms with Crippen molar-refractivity contribution in [3.05, 3.63) is 54.0 Å². The van der Waals surface area contributed by atoms with Gasteiger partial charge in [-0.15, -0.1) is 0 Å². The quantitative estimate of drug-likeness (QED) is 0.565. The molecule has 0 atom stereocenters. The van der Waals surface area contributed by atoms with Crippen molar-refractivity contribution in [2.45, 2.75) is 0 Å². The van der Waals surface area contributed by atoms with Crippen LogP contribution in [0.2, 0.25) is 0 Å². The van der Waals surface area contributed by atoms with Crippen LogP contribution in [0, 0.1) is 11.3 Å². The SMILES string of the molecule is CN(C)C(=O)C(C#N)=Cc1ccc(Nc2ncnc3[nH]ccc23)cc1. The highest BCUT2D eigenvalue weighted by Crippen LogP contribution is 2.22. The molecule has 0 aliphatic carbocycles. The summed E-state index contributed by atoms with van der Waals surface area (Å²) in [5.41, 5.74) is 2.47. The smallest absolute Gasteiger partial charge is 0.264 e. The van der Waals surface area contributed by atoms with E-state index in [1.54, 1.807) is 20.2 Å². The van der Waals surface area contributed by atoms with Gasteiger partial charge in [0.15, 0.2) is 0 Å². The molecular weight excluding hydrogens is 316 g/mol. The Morgan fingerprint density at radius 1 is 1.24 bits per heavy atom. The molecule has 25 heavy (non-hydrogen) atoms. The summed E-state index contributed by atoms with van der Waals surface area (Å²) in [5, 5.41) is 13.3. The van der Waals surface area contributed by atoms with E-state index >= 15 is 0 Å². The highest BCUT2D eigenvalue weighted by Gasteiger charge is 2.11. The van der Waals surface area contributed by atoms with Crippen molar-refractivity contribution in [3.8, 4) is 6.07 Å². The molecule has 0 fully saturated rings. The lowest BCUT2D eigenvalue weighted by atomic mass is 10.1. The number of aromatic amines is 1. The molecule has 3 aromatic rings. The monoisotopic (exact) mass is 332 g/mol. The summed E-state index contributed by atoms with van der Waals surface area (Å²) < 4.78 is 0. The number of hydrogen-bond acceptors (Lipinski definition) is 5. The Hall–Kier alpha value is -3.66. The van der Waals surface area contributed by atoms with Gasteiger partial charge >= 0.3 is 0 Å². The van der Waals surface area contributed by atoms with Gasteiger partial charge in [0.1, 0.15) is 29.4 Å². The van der Waals surface area contributed by atoms with Crippen LogP contribution in [0.25, 0.3) is 17.1 Å². The van der Waals surface area contributed by atoms with E-state index in [9.17, 15) is 4.79 Å². The van der Waals surface area contributed by atoms with Crippen LogP contribution in [-0.4, -0.2) is 39.9 Å². The maximum Gasteiger partial charge on any atom is 0.264 e. The van der Waals surface area contributed by atoms with E-state index in [0.717, 1.165) is 22.3 Å². The first kappa shape index (κ1) is 16.2. The Labute approximate surface area is 144 Å². The molecule has 0 saturated carbocycles. The summed E-state index contributed by atoms with van der Waals surface area (Å²) in [6, 6.07) is 11.2. The van der Waals surface area contributed by atoms with Crippen molar-refractivity contribution < 1.29 is 4.79 Å². The standard InChI is InChI=1S/C18H16N6O/c1-24(2)18(25)13(10-19)9-12-3-5-14(6-4-12)23-17-15-7-8-20-16(15)21-11-22-17/h3-9,11H,1-2H3,(H2,20,21,22,23). The van der Waals surface area contributed by atoms with Gasteiger partial charge in [-0.25, -0.2) is 9.97 Å². The van der Waals surface area contributed by atoms with Crippen molar-refractivity contribution in [1.82, 2.24) is 19.9 Å². The zero-order valence-corrected chi connectivity index (χ0v) is 13.8. The first-order valence-electron chi connectivity index (χ1n) is 7.57. The molecule has 2 aromatic heterocycles. The Morgan fingerprint density at radius 3 is 2.68 bits per heavy atom. The Kier molecular flexibility index (Phi) is 4.44. The number of nitrogens with zero attached hydrogens (tertiary/aromatic N) is 4. The third-order valence-electron chi connectivity index (χ3n) is 3.60. The maximum atomic E-state index is 11.9. The summed E-state index contributed by atoms with van der Waals surface area (Å²) in [4.78, 5) is 24.7. The second-order valence-corrected chi connectivity index (χ2v) is 5.58. The van der Waals surface area contributed by atoms with E-state index in [4.69, 9.17) is 5.26 Å². The van der Waals surface area contributed by atoms with Gasteiger partial charge in [-0.3, -0.25) is 4.79 Å². The molecular formula is C18H16N6O. The van der Waals surface area contributed by atoms with Crippen LogP contribution >= 0.6 is 0 Å². The highest BCUT2D eigenvalue weighted by atomic mass is 16.2. The number of carbonyl (C=O) groups excluding carboxylic acids is 1. The van der Waals surface area contributed by atoms with Crippen molar-refractivity contribution in [2.24, 2.45) is 0 Å². The number of fused-ring (bicyclic) bond motifs is 1. The van der Waals surface area contributed by atoms with Crippen LogP contribution in [0.3, 0.4) is 0 Å². The number of H-pyrrole nitrogens is 1. The Morgan fingerprint density at radius 2 is 2.00 bits per heavy atom. The average molecular weight is 332 g/mol. The van der Waals surface area contributed by atoms with Crippen LogP contribution in [0.15, 0.2) is 48.4 Å². The van der Waals surface area contributed by atoms with Gasteiger partial charge in [0.25, 0.3) is 5.91 Å². The van der Waals surface area contributed by atoms with Crippen molar-refractivity contribution in [3.63, 3.8) is 0 Å². The molecule has 7 nitrogen and oxygen atoms in total. The molecule has 124 valence electrons.